The van der Waals surface area contributed by atoms with Gasteiger partial charge in [-0.2, -0.15) is 5.10 Å². The Bertz CT molecular complexity index is 519. The van der Waals surface area contributed by atoms with Crippen LogP contribution < -0.4 is 5.32 Å². The van der Waals surface area contributed by atoms with Crippen LogP contribution in [0.1, 0.15) is 18.1 Å². The summed E-state index contributed by atoms with van der Waals surface area (Å²) < 4.78 is 1.98. The predicted molar refractivity (Wildman–Crippen MR) is 86.4 cm³/mol. The van der Waals surface area contributed by atoms with E-state index >= 15 is 0 Å². The fourth-order valence-electron chi connectivity index (χ4n) is 2.04. The lowest BCUT2D eigenvalue weighted by Gasteiger charge is -2.14. The van der Waals surface area contributed by atoms with E-state index in [0.717, 1.165) is 18.7 Å². The number of nitrogens with one attached hydrogen (secondary N) is 1. The van der Waals surface area contributed by atoms with Crippen molar-refractivity contribution in [1.82, 2.24) is 15.1 Å². The van der Waals surface area contributed by atoms with Gasteiger partial charge in [-0.3, -0.25) is 4.68 Å². The Morgan fingerprint density at radius 3 is 2.65 bits per heavy atom. The summed E-state index contributed by atoms with van der Waals surface area (Å²) >= 11 is 1.90. The van der Waals surface area contributed by atoms with E-state index in [2.05, 4.69) is 54.7 Å². The molecule has 1 aromatic carbocycles. The van der Waals surface area contributed by atoms with Gasteiger partial charge in [0.1, 0.15) is 0 Å². The maximum atomic E-state index is 4.33. The third-order valence-electron chi connectivity index (χ3n) is 3.37. The Balaban J connectivity index is 1.87. The minimum atomic E-state index is 0.468. The van der Waals surface area contributed by atoms with Gasteiger partial charge >= 0.3 is 0 Å². The van der Waals surface area contributed by atoms with Gasteiger partial charge in [-0.25, -0.2) is 0 Å². The van der Waals surface area contributed by atoms with Crippen LogP contribution in [-0.4, -0.2) is 28.6 Å². The van der Waals surface area contributed by atoms with Gasteiger partial charge in [-0.15, -0.1) is 11.8 Å². The minimum absolute atomic E-state index is 0.468. The molecule has 0 saturated heterocycles. The fourth-order valence-corrected chi connectivity index (χ4v) is 3.05. The van der Waals surface area contributed by atoms with Crippen LogP contribution in [-0.2, 0) is 13.0 Å². The quantitative estimate of drug-likeness (QED) is 0.794. The average Bonchev–Trinajstić information content (AvgIpc) is 2.93. The predicted octanol–water partition coefficient (Wildman–Crippen LogP) is 3.13. The smallest absolute Gasteiger partial charge is 0.0522 e. The number of likely N-dealkylation sites (N-methyl/N-ethyl adjacent to an activating group) is 1. The lowest BCUT2D eigenvalue weighted by Crippen LogP contribution is -2.29. The molecule has 0 aliphatic carbocycles. The van der Waals surface area contributed by atoms with E-state index in [-0.39, 0.29) is 0 Å². The zero-order valence-corrected chi connectivity index (χ0v) is 13.3. The molecule has 1 aromatic heterocycles. The van der Waals surface area contributed by atoms with E-state index in [1.54, 1.807) is 0 Å². The van der Waals surface area contributed by atoms with Crippen molar-refractivity contribution in [1.29, 1.82) is 0 Å². The number of aryl methyl sites for hydroxylation is 2. The van der Waals surface area contributed by atoms with Gasteiger partial charge in [-0.1, -0.05) is 17.7 Å². The molecule has 2 rings (SSSR count). The summed E-state index contributed by atoms with van der Waals surface area (Å²) in [5, 5.41) is 7.73. The van der Waals surface area contributed by atoms with Crippen molar-refractivity contribution in [2.24, 2.45) is 0 Å². The second-order valence-corrected chi connectivity index (χ2v) is 6.11. The number of aromatic nitrogens is 2. The Morgan fingerprint density at radius 2 is 2.05 bits per heavy atom. The topological polar surface area (TPSA) is 29.9 Å². The lowest BCUT2D eigenvalue weighted by molar-refractivity contribution is 0.615. The second-order valence-electron chi connectivity index (χ2n) is 5.02. The monoisotopic (exact) mass is 289 g/mol. The molecule has 2 aromatic rings. The van der Waals surface area contributed by atoms with Gasteiger partial charge in [0.25, 0.3) is 0 Å². The molecule has 1 atom stereocenters. The number of benzene rings is 1. The first kappa shape index (κ1) is 15.1. The van der Waals surface area contributed by atoms with Crippen molar-refractivity contribution in [3.8, 4) is 0 Å². The summed E-state index contributed by atoms with van der Waals surface area (Å²) in [6.07, 6.45) is 5.14. The van der Waals surface area contributed by atoms with Crippen LogP contribution in [0.25, 0.3) is 0 Å². The van der Waals surface area contributed by atoms with Crippen molar-refractivity contribution >= 4 is 11.8 Å². The molecule has 0 amide bonds. The number of hydrogen-bond acceptors (Lipinski definition) is 3. The largest absolute Gasteiger partial charge is 0.316 e. The first-order valence-corrected chi connectivity index (χ1v) is 8.08. The Hall–Kier alpha value is -1.26. The Morgan fingerprint density at radius 1 is 1.30 bits per heavy atom. The zero-order chi connectivity index (χ0) is 14.4. The molecule has 0 aliphatic heterocycles. The molecule has 1 unspecified atom stereocenters. The molecule has 108 valence electrons. The number of nitrogens with zero attached hydrogens (tertiary/aromatic N) is 2. The molecule has 0 bridgehead atoms. The molecule has 1 N–H and O–H groups in total. The summed E-state index contributed by atoms with van der Waals surface area (Å²) in [5.41, 5.74) is 2.61. The molecule has 4 heteroatoms. The van der Waals surface area contributed by atoms with Crippen LogP contribution in [0.4, 0.5) is 0 Å². The van der Waals surface area contributed by atoms with Crippen molar-refractivity contribution in [3.63, 3.8) is 0 Å². The minimum Gasteiger partial charge on any atom is -0.316 e. The molecule has 3 nitrogen and oxygen atoms in total. The fraction of sp³-hybridized carbons (Fsp3) is 0.438. The molecular formula is C16H23N3S. The van der Waals surface area contributed by atoms with Crippen molar-refractivity contribution in [2.75, 3.05) is 12.8 Å². The van der Waals surface area contributed by atoms with Gasteiger partial charge in [0.15, 0.2) is 0 Å². The third kappa shape index (κ3) is 4.39. The molecule has 0 radical (unpaired) electrons. The molecule has 0 aliphatic rings. The third-order valence-corrected chi connectivity index (χ3v) is 4.55. The Labute approximate surface area is 125 Å². The average molecular weight is 289 g/mol. The molecular weight excluding hydrogens is 266 g/mol. The maximum Gasteiger partial charge on any atom is 0.0522 e. The van der Waals surface area contributed by atoms with Crippen LogP contribution >= 0.6 is 11.8 Å². The van der Waals surface area contributed by atoms with E-state index in [1.165, 1.54) is 16.0 Å². The second kappa shape index (κ2) is 7.50. The molecule has 0 saturated carbocycles. The van der Waals surface area contributed by atoms with Crippen molar-refractivity contribution in [2.45, 2.75) is 37.8 Å². The van der Waals surface area contributed by atoms with Gasteiger partial charge in [-0.05, 0) is 45.0 Å². The first-order chi connectivity index (χ1) is 9.71. The van der Waals surface area contributed by atoms with Crippen LogP contribution in [0.2, 0.25) is 0 Å². The summed E-state index contributed by atoms with van der Waals surface area (Å²) in [6, 6.07) is 9.20. The van der Waals surface area contributed by atoms with Crippen LogP contribution in [0.5, 0.6) is 0 Å². The number of thioether (sulfide) groups is 1. The Kier molecular flexibility index (Phi) is 5.68. The first-order valence-electron chi connectivity index (χ1n) is 7.09. The van der Waals surface area contributed by atoms with Crippen molar-refractivity contribution in [3.05, 3.63) is 47.8 Å². The summed E-state index contributed by atoms with van der Waals surface area (Å²) in [5.74, 6) is 1.07. The van der Waals surface area contributed by atoms with E-state index in [1.807, 2.05) is 29.7 Å². The van der Waals surface area contributed by atoms with Crippen LogP contribution in [0, 0.1) is 6.92 Å². The maximum absolute atomic E-state index is 4.33. The normalized spacial score (nSPS) is 12.6. The summed E-state index contributed by atoms with van der Waals surface area (Å²) in [4.78, 5) is 1.33. The van der Waals surface area contributed by atoms with Gasteiger partial charge in [0.05, 0.1) is 6.20 Å². The van der Waals surface area contributed by atoms with Gasteiger partial charge in [0.2, 0.25) is 0 Å². The van der Waals surface area contributed by atoms with E-state index < -0.39 is 0 Å². The van der Waals surface area contributed by atoms with Gasteiger partial charge in [0, 0.05) is 29.4 Å². The molecule has 20 heavy (non-hydrogen) atoms. The van der Waals surface area contributed by atoms with Crippen molar-refractivity contribution < 1.29 is 0 Å². The highest BCUT2D eigenvalue weighted by molar-refractivity contribution is 7.99. The molecule has 1 heterocycles. The highest BCUT2D eigenvalue weighted by Gasteiger charge is 2.09. The standard InChI is InChI=1S/C16H23N3S/c1-4-19-11-14(10-18-19)9-15(17-3)12-20-16-7-5-13(2)6-8-16/h5-8,10-11,15,17H,4,9,12H2,1-3H3. The van der Waals surface area contributed by atoms with E-state index in [4.69, 9.17) is 0 Å². The van der Waals surface area contributed by atoms with Gasteiger partial charge < -0.3 is 5.32 Å². The summed E-state index contributed by atoms with van der Waals surface area (Å²) in [6.45, 7) is 5.16. The highest BCUT2D eigenvalue weighted by atomic mass is 32.2. The molecule has 0 spiro atoms. The van der Waals surface area contributed by atoms with E-state index in [0.29, 0.717) is 6.04 Å². The lowest BCUT2D eigenvalue weighted by atomic mass is 10.1. The number of rotatable bonds is 7. The van der Waals surface area contributed by atoms with Crippen LogP contribution in [0.15, 0.2) is 41.6 Å². The van der Waals surface area contributed by atoms with Crippen LogP contribution in [0.3, 0.4) is 0 Å². The SMILES string of the molecule is CCn1cc(CC(CSc2ccc(C)cc2)NC)cn1. The zero-order valence-electron chi connectivity index (χ0n) is 12.5. The van der Waals surface area contributed by atoms with E-state index in [9.17, 15) is 0 Å². The number of hydrogen-bond donors (Lipinski definition) is 1. The molecule has 0 fully saturated rings. The summed E-state index contributed by atoms with van der Waals surface area (Å²) in [7, 11) is 2.03. The highest BCUT2D eigenvalue weighted by Crippen LogP contribution is 2.20.